The first kappa shape index (κ1) is 12.4. The first-order chi connectivity index (χ1) is 4.13. The molecule has 3 nitrogen and oxygen atoms in total. The summed E-state index contributed by atoms with van der Waals surface area (Å²) in [7, 11) is 4.03. The maximum atomic E-state index is 9.97. The van der Waals surface area contributed by atoms with Gasteiger partial charge in [-0.1, -0.05) is 0 Å². The number of carboxylic acids is 1. The van der Waals surface area contributed by atoms with Crippen LogP contribution in [0.2, 0.25) is 0 Å². The van der Waals surface area contributed by atoms with E-state index in [1.54, 1.807) is 0 Å². The van der Waals surface area contributed by atoms with Crippen LogP contribution < -0.4 is 17.3 Å². The molecule has 0 aromatic heterocycles. The number of rotatable bonds is 4. The largest absolute Gasteiger partial charge is 1.00 e. The maximum absolute atomic E-state index is 9.97. The molecule has 0 saturated heterocycles. The summed E-state index contributed by atoms with van der Waals surface area (Å²) in [6.07, 6.45) is 1.07. The third kappa shape index (κ3) is 10.7. The van der Waals surface area contributed by atoms with Crippen molar-refractivity contribution < 1.29 is 27.2 Å². The SMILES string of the molecule is C[NH+](C)CCCC(=O)O.[Cl-]. The summed E-state index contributed by atoms with van der Waals surface area (Å²) in [5.41, 5.74) is 0. The molecule has 10 heavy (non-hydrogen) atoms. The van der Waals surface area contributed by atoms with Crippen molar-refractivity contribution in [3.05, 3.63) is 0 Å². The molecule has 62 valence electrons. The molecule has 0 rings (SSSR count). The van der Waals surface area contributed by atoms with Crippen molar-refractivity contribution in [2.24, 2.45) is 0 Å². The number of quaternary nitrogens is 1. The Labute approximate surface area is 67.4 Å². The van der Waals surface area contributed by atoms with Gasteiger partial charge in [0, 0.05) is 6.42 Å². The third-order valence-corrected chi connectivity index (χ3v) is 1.07. The second kappa shape index (κ2) is 6.83. The monoisotopic (exact) mass is 167 g/mol. The molecule has 0 heterocycles. The zero-order valence-corrected chi connectivity index (χ0v) is 7.11. The normalized spacial score (nSPS) is 9.10. The summed E-state index contributed by atoms with van der Waals surface area (Å²) in [4.78, 5) is 11.3. The topological polar surface area (TPSA) is 41.7 Å². The molecule has 0 fully saturated rings. The molecule has 0 unspecified atom stereocenters. The second-order valence-corrected chi connectivity index (χ2v) is 2.45. The van der Waals surface area contributed by atoms with E-state index in [1.165, 1.54) is 4.90 Å². The molecule has 0 aromatic carbocycles. The molecule has 0 amide bonds. The Bertz CT molecular complexity index is 95.7. The van der Waals surface area contributed by atoms with Gasteiger partial charge in [0.15, 0.2) is 0 Å². The minimum atomic E-state index is -0.698. The summed E-state index contributed by atoms with van der Waals surface area (Å²) in [6.45, 7) is 0.937. The first-order valence-corrected chi connectivity index (χ1v) is 3.13. The quantitative estimate of drug-likeness (QED) is 0.448. The van der Waals surface area contributed by atoms with Crippen molar-refractivity contribution in [3.8, 4) is 0 Å². The van der Waals surface area contributed by atoms with Crippen LogP contribution in [-0.4, -0.2) is 31.7 Å². The Morgan fingerprint density at radius 1 is 1.50 bits per heavy atom. The molecule has 0 spiro atoms. The van der Waals surface area contributed by atoms with E-state index in [2.05, 4.69) is 0 Å². The van der Waals surface area contributed by atoms with Crippen LogP contribution in [0.1, 0.15) is 12.8 Å². The molecule has 4 heteroatoms. The van der Waals surface area contributed by atoms with Crippen LogP contribution in [0.15, 0.2) is 0 Å². The maximum Gasteiger partial charge on any atom is 0.303 e. The molecule has 0 aliphatic heterocycles. The molecule has 0 bridgehead atoms. The molecular formula is C6H14ClNO2. The molecule has 0 atom stereocenters. The average Bonchev–Trinajstić information content (AvgIpc) is 1.63. The zero-order chi connectivity index (χ0) is 7.28. The predicted octanol–water partition coefficient (Wildman–Crippen LogP) is -4.00. The van der Waals surface area contributed by atoms with Crippen molar-refractivity contribution >= 4 is 5.97 Å². The predicted molar refractivity (Wildman–Crippen MR) is 34.5 cm³/mol. The van der Waals surface area contributed by atoms with Crippen molar-refractivity contribution in [1.29, 1.82) is 0 Å². The highest BCUT2D eigenvalue weighted by atomic mass is 35.5. The molecule has 0 aliphatic carbocycles. The molecule has 0 aliphatic rings. The van der Waals surface area contributed by atoms with Crippen LogP contribution >= 0.6 is 0 Å². The van der Waals surface area contributed by atoms with E-state index in [-0.39, 0.29) is 12.4 Å². The summed E-state index contributed by atoms with van der Waals surface area (Å²) in [6, 6.07) is 0. The van der Waals surface area contributed by atoms with Crippen LogP contribution in [-0.2, 0) is 4.79 Å². The fraction of sp³-hybridized carbons (Fsp3) is 0.833. The van der Waals surface area contributed by atoms with Crippen LogP contribution in [0, 0.1) is 0 Å². The van der Waals surface area contributed by atoms with Crippen LogP contribution in [0.5, 0.6) is 0 Å². The smallest absolute Gasteiger partial charge is 0.303 e. The lowest BCUT2D eigenvalue weighted by Crippen LogP contribution is -3.05. The number of carbonyl (C=O) groups is 1. The van der Waals surface area contributed by atoms with Gasteiger partial charge in [-0.05, 0) is 0 Å². The third-order valence-electron chi connectivity index (χ3n) is 1.07. The molecule has 0 saturated carbocycles. The lowest BCUT2D eigenvalue weighted by atomic mass is 10.3. The number of hydrogen-bond acceptors (Lipinski definition) is 1. The van der Waals surface area contributed by atoms with E-state index >= 15 is 0 Å². The average molecular weight is 168 g/mol. The molecular weight excluding hydrogens is 154 g/mol. The van der Waals surface area contributed by atoms with Crippen LogP contribution in [0.3, 0.4) is 0 Å². The Morgan fingerprint density at radius 2 is 2.00 bits per heavy atom. The highest BCUT2D eigenvalue weighted by Crippen LogP contribution is 1.82. The van der Waals surface area contributed by atoms with Gasteiger partial charge in [0.2, 0.25) is 0 Å². The second-order valence-electron chi connectivity index (χ2n) is 2.45. The van der Waals surface area contributed by atoms with Gasteiger partial charge >= 0.3 is 5.97 Å². The molecule has 0 radical (unpaired) electrons. The Balaban J connectivity index is 0. The van der Waals surface area contributed by atoms with Gasteiger partial charge < -0.3 is 22.4 Å². The van der Waals surface area contributed by atoms with Crippen molar-refractivity contribution in [3.63, 3.8) is 0 Å². The van der Waals surface area contributed by atoms with Crippen molar-refractivity contribution in [1.82, 2.24) is 0 Å². The van der Waals surface area contributed by atoms with Gasteiger partial charge in [-0.25, -0.2) is 0 Å². The van der Waals surface area contributed by atoms with Gasteiger partial charge in [0.05, 0.1) is 27.1 Å². The summed E-state index contributed by atoms with van der Waals surface area (Å²) in [5.74, 6) is -0.698. The fourth-order valence-electron chi connectivity index (χ4n) is 0.593. The highest BCUT2D eigenvalue weighted by Gasteiger charge is 1.97. The van der Waals surface area contributed by atoms with Crippen LogP contribution in [0.4, 0.5) is 0 Å². The number of nitrogens with one attached hydrogen (secondary N) is 1. The fourth-order valence-corrected chi connectivity index (χ4v) is 0.593. The van der Waals surface area contributed by atoms with E-state index in [1.807, 2.05) is 14.1 Å². The van der Waals surface area contributed by atoms with Gasteiger partial charge in [0.25, 0.3) is 0 Å². The summed E-state index contributed by atoms with van der Waals surface area (Å²) < 4.78 is 0. The Hall–Kier alpha value is -0.280. The van der Waals surface area contributed by atoms with E-state index in [0.29, 0.717) is 6.42 Å². The lowest BCUT2D eigenvalue weighted by molar-refractivity contribution is -0.858. The van der Waals surface area contributed by atoms with Crippen LogP contribution in [0.25, 0.3) is 0 Å². The van der Waals surface area contributed by atoms with E-state index in [4.69, 9.17) is 5.11 Å². The van der Waals surface area contributed by atoms with Gasteiger partial charge in [-0.2, -0.15) is 0 Å². The zero-order valence-electron chi connectivity index (χ0n) is 6.35. The Kier molecular flexibility index (Phi) is 8.48. The van der Waals surface area contributed by atoms with E-state index < -0.39 is 5.97 Å². The lowest BCUT2D eigenvalue weighted by Gasteiger charge is -2.03. The van der Waals surface area contributed by atoms with E-state index in [0.717, 1.165) is 13.0 Å². The first-order valence-electron chi connectivity index (χ1n) is 3.13. The number of aliphatic carboxylic acids is 1. The van der Waals surface area contributed by atoms with E-state index in [9.17, 15) is 4.79 Å². The molecule has 2 N–H and O–H groups in total. The number of halogens is 1. The summed E-state index contributed by atoms with van der Waals surface area (Å²) in [5, 5.41) is 8.22. The van der Waals surface area contributed by atoms with Crippen molar-refractivity contribution in [2.75, 3.05) is 20.6 Å². The number of hydrogen-bond donors (Lipinski definition) is 2. The van der Waals surface area contributed by atoms with Gasteiger partial charge in [-0.3, -0.25) is 4.79 Å². The van der Waals surface area contributed by atoms with Gasteiger partial charge in [-0.15, -0.1) is 0 Å². The van der Waals surface area contributed by atoms with Crippen molar-refractivity contribution in [2.45, 2.75) is 12.8 Å². The molecule has 0 aromatic rings. The highest BCUT2D eigenvalue weighted by molar-refractivity contribution is 5.66. The minimum absolute atomic E-state index is 0. The van der Waals surface area contributed by atoms with Gasteiger partial charge in [0.1, 0.15) is 0 Å². The Morgan fingerprint density at radius 3 is 2.30 bits per heavy atom. The summed E-state index contributed by atoms with van der Waals surface area (Å²) >= 11 is 0. The minimum Gasteiger partial charge on any atom is -1.00 e. The standard InChI is InChI=1S/C6H13NO2.ClH/c1-7(2)5-3-4-6(8)9;/h3-5H2,1-2H3,(H,8,9);1H. The number of carboxylic acid groups (broad SMARTS) is 1.